The van der Waals surface area contributed by atoms with E-state index in [2.05, 4.69) is 5.32 Å². The van der Waals surface area contributed by atoms with Crippen molar-refractivity contribution in [2.45, 2.75) is 0 Å². The molecule has 1 amide bonds. The van der Waals surface area contributed by atoms with Crippen LogP contribution in [0.4, 0.5) is 5.69 Å². The van der Waals surface area contributed by atoms with Crippen LogP contribution < -0.4 is 14.8 Å². The number of methoxy groups -OCH3 is 1. The Kier molecular flexibility index (Phi) is 4.39. The van der Waals surface area contributed by atoms with Crippen molar-refractivity contribution in [2.75, 3.05) is 19.0 Å². The van der Waals surface area contributed by atoms with Gasteiger partial charge in [-0.05, 0) is 24.3 Å². The molecule has 98 valence electrons. The van der Waals surface area contributed by atoms with Crippen LogP contribution >= 0.6 is 0 Å². The first kappa shape index (κ1) is 13.0. The number of benzene rings is 2. The van der Waals surface area contributed by atoms with Crippen molar-refractivity contribution in [1.29, 1.82) is 0 Å². The average molecular weight is 257 g/mol. The maximum Gasteiger partial charge on any atom is 0.262 e. The molecule has 0 unspecified atom stereocenters. The summed E-state index contributed by atoms with van der Waals surface area (Å²) in [5.74, 6) is 1.09. The van der Waals surface area contributed by atoms with Gasteiger partial charge in [-0.15, -0.1) is 0 Å². The molecule has 0 atom stereocenters. The molecule has 2 aromatic rings. The third-order valence-corrected chi connectivity index (χ3v) is 2.47. The Bertz CT molecular complexity index is 540. The van der Waals surface area contributed by atoms with E-state index in [1.165, 1.54) is 0 Å². The van der Waals surface area contributed by atoms with Gasteiger partial charge in [-0.1, -0.05) is 24.3 Å². The van der Waals surface area contributed by atoms with Crippen molar-refractivity contribution < 1.29 is 14.3 Å². The van der Waals surface area contributed by atoms with Crippen LogP contribution in [-0.4, -0.2) is 19.6 Å². The SMILES string of the molecule is COc1cccc(OCC(=O)Nc2ccccc2)c1. The Morgan fingerprint density at radius 1 is 1.05 bits per heavy atom. The molecule has 0 heterocycles. The van der Waals surface area contributed by atoms with Crippen LogP contribution in [0, 0.1) is 0 Å². The largest absolute Gasteiger partial charge is 0.497 e. The minimum Gasteiger partial charge on any atom is -0.497 e. The number of ether oxygens (including phenoxy) is 2. The van der Waals surface area contributed by atoms with Crippen molar-refractivity contribution >= 4 is 11.6 Å². The third kappa shape index (κ3) is 4.03. The first-order chi connectivity index (χ1) is 9.28. The highest BCUT2D eigenvalue weighted by Gasteiger charge is 2.03. The number of hydrogen-bond acceptors (Lipinski definition) is 3. The van der Waals surface area contributed by atoms with Crippen molar-refractivity contribution in [2.24, 2.45) is 0 Å². The zero-order chi connectivity index (χ0) is 13.5. The molecule has 0 spiro atoms. The fourth-order valence-electron chi connectivity index (χ4n) is 1.56. The lowest BCUT2D eigenvalue weighted by Gasteiger charge is -2.08. The summed E-state index contributed by atoms with van der Waals surface area (Å²) in [5.41, 5.74) is 0.752. The fourth-order valence-corrected chi connectivity index (χ4v) is 1.56. The number of amides is 1. The zero-order valence-corrected chi connectivity index (χ0v) is 10.6. The smallest absolute Gasteiger partial charge is 0.262 e. The maximum atomic E-state index is 11.7. The summed E-state index contributed by atoms with van der Waals surface area (Å²) in [6, 6.07) is 16.4. The highest BCUT2D eigenvalue weighted by Crippen LogP contribution is 2.18. The molecule has 1 N–H and O–H groups in total. The van der Waals surface area contributed by atoms with Crippen LogP contribution in [0.2, 0.25) is 0 Å². The minimum absolute atomic E-state index is 0.0396. The van der Waals surface area contributed by atoms with Crippen LogP contribution in [0.5, 0.6) is 11.5 Å². The lowest BCUT2D eigenvalue weighted by atomic mass is 10.3. The zero-order valence-electron chi connectivity index (χ0n) is 10.6. The number of anilines is 1. The Balaban J connectivity index is 1.86. The van der Waals surface area contributed by atoms with E-state index in [0.717, 1.165) is 5.69 Å². The summed E-state index contributed by atoms with van der Waals surface area (Å²) in [6.45, 7) is -0.0396. The normalized spacial score (nSPS) is 9.74. The summed E-state index contributed by atoms with van der Waals surface area (Å²) in [5, 5.41) is 2.75. The molecule has 0 aliphatic carbocycles. The fraction of sp³-hybridized carbons (Fsp3) is 0.133. The molecule has 4 heteroatoms. The Morgan fingerprint density at radius 3 is 2.53 bits per heavy atom. The molecule has 0 saturated carbocycles. The monoisotopic (exact) mass is 257 g/mol. The predicted octanol–water partition coefficient (Wildman–Crippen LogP) is 2.71. The second-order valence-corrected chi connectivity index (χ2v) is 3.88. The third-order valence-electron chi connectivity index (χ3n) is 2.47. The molecule has 19 heavy (non-hydrogen) atoms. The lowest BCUT2D eigenvalue weighted by Crippen LogP contribution is -2.20. The molecule has 0 saturated heterocycles. The first-order valence-electron chi connectivity index (χ1n) is 5.89. The van der Waals surface area contributed by atoms with E-state index in [-0.39, 0.29) is 12.5 Å². The lowest BCUT2D eigenvalue weighted by molar-refractivity contribution is -0.118. The molecule has 0 bridgehead atoms. The second-order valence-electron chi connectivity index (χ2n) is 3.88. The molecule has 0 fully saturated rings. The van der Waals surface area contributed by atoms with E-state index in [9.17, 15) is 4.79 Å². The molecular weight excluding hydrogens is 242 g/mol. The molecule has 4 nitrogen and oxygen atoms in total. The summed E-state index contributed by atoms with van der Waals surface area (Å²) in [4.78, 5) is 11.7. The van der Waals surface area contributed by atoms with Gasteiger partial charge in [0.2, 0.25) is 0 Å². The number of para-hydroxylation sites is 1. The Labute approximate surface area is 112 Å². The first-order valence-corrected chi connectivity index (χ1v) is 5.89. The van der Waals surface area contributed by atoms with Gasteiger partial charge in [0.15, 0.2) is 6.61 Å². The van der Waals surface area contributed by atoms with E-state index >= 15 is 0 Å². The van der Waals surface area contributed by atoms with Gasteiger partial charge in [-0.25, -0.2) is 0 Å². The van der Waals surface area contributed by atoms with Gasteiger partial charge in [0.05, 0.1) is 7.11 Å². The minimum atomic E-state index is -0.200. The van der Waals surface area contributed by atoms with Crippen LogP contribution in [0.1, 0.15) is 0 Å². The number of hydrogen-bond donors (Lipinski definition) is 1. The van der Waals surface area contributed by atoms with Gasteiger partial charge < -0.3 is 14.8 Å². The van der Waals surface area contributed by atoms with Gasteiger partial charge in [0.1, 0.15) is 11.5 Å². The van der Waals surface area contributed by atoms with E-state index in [1.54, 1.807) is 19.2 Å². The van der Waals surface area contributed by atoms with E-state index in [0.29, 0.717) is 11.5 Å². The number of carbonyl (C=O) groups is 1. The maximum absolute atomic E-state index is 11.7. The van der Waals surface area contributed by atoms with Gasteiger partial charge in [0.25, 0.3) is 5.91 Å². The van der Waals surface area contributed by atoms with Crippen LogP contribution in [0.15, 0.2) is 54.6 Å². The Hall–Kier alpha value is -2.49. The highest BCUT2D eigenvalue weighted by molar-refractivity contribution is 5.91. The molecule has 0 aliphatic rings. The molecule has 2 aromatic carbocycles. The molecule has 0 aromatic heterocycles. The average Bonchev–Trinajstić information content (AvgIpc) is 2.46. The van der Waals surface area contributed by atoms with Crippen molar-refractivity contribution in [3.8, 4) is 11.5 Å². The van der Waals surface area contributed by atoms with Crippen LogP contribution in [0.25, 0.3) is 0 Å². The molecule has 2 rings (SSSR count). The highest BCUT2D eigenvalue weighted by atomic mass is 16.5. The number of rotatable bonds is 5. The summed E-state index contributed by atoms with van der Waals surface area (Å²) < 4.78 is 10.5. The summed E-state index contributed by atoms with van der Waals surface area (Å²) >= 11 is 0. The molecule has 0 aliphatic heterocycles. The van der Waals surface area contributed by atoms with Gasteiger partial charge in [-0.2, -0.15) is 0 Å². The topological polar surface area (TPSA) is 47.6 Å². The van der Waals surface area contributed by atoms with Crippen molar-refractivity contribution in [3.63, 3.8) is 0 Å². The second kappa shape index (κ2) is 6.44. The van der Waals surface area contributed by atoms with Crippen molar-refractivity contribution in [1.82, 2.24) is 0 Å². The molecule has 0 radical (unpaired) electrons. The van der Waals surface area contributed by atoms with Gasteiger partial charge >= 0.3 is 0 Å². The number of carbonyl (C=O) groups excluding carboxylic acids is 1. The predicted molar refractivity (Wildman–Crippen MR) is 73.6 cm³/mol. The van der Waals surface area contributed by atoms with Gasteiger partial charge in [-0.3, -0.25) is 4.79 Å². The van der Waals surface area contributed by atoms with E-state index in [4.69, 9.17) is 9.47 Å². The number of nitrogens with one attached hydrogen (secondary N) is 1. The van der Waals surface area contributed by atoms with E-state index < -0.39 is 0 Å². The quantitative estimate of drug-likeness (QED) is 0.895. The van der Waals surface area contributed by atoms with Crippen LogP contribution in [0.3, 0.4) is 0 Å². The van der Waals surface area contributed by atoms with Gasteiger partial charge in [0, 0.05) is 11.8 Å². The standard InChI is InChI=1S/C15H15NO3/c1-18-13-8-5-9-14(10-13)19-11-15(17)16-12-6-3-2-4-7-12/h2-10H,11H2,1H3,(H,16,17). The molecular formula is C15H15NO3. The van der Waals surface area contributed by atoms with Crippen LogP contribution in [-0.2, 0) is 4.79 Å². The summed E-state index contributed by atoms with van der Waals surface area (Å²) in [6.07, 6.45) is 0. The van der Waals surface area contributed by atoms with Crippen molar-refractivity contribution in [3.05, 3.63) is 54.6 Å². The summed E-state index contributed by atoms with van der Waals surface area (Å²) in [7, 11) is 1.58. The Morgan fingerprint density at radius 2 is 1.79 bits per heavy atom. The van der Waals surface area contributed by atoms with E-state index in [1.807, 2.05) is 42.5 Å².